The summed E-state index contributed by atoms with van der Waals surface area (Å²) in [5.41, 5.74) is 8.21. The average molecular weight is 257 g/mol. The standard InChI is InChI=1S/C14H15N3O2/c1-9-3-4-11(7-10(9)2)19-12-5-6-16-13(8-12)14(15)17-18/h3-8,18H,1-2H3,(H2,15,17). The average Bonchev–Trinajstić information content (AvgIpc) is 2.42. The van der Waals surface area contributed by atoms with Crippen molar-refractivity contribution < 1.29 is 9.94 Å². The second kappa shape index (κ2) is 5.39. The topological polar surface area (TPSA) is 80.7 Å². The van der Waals surface area contributed by atoms with Crippen LogP contribution in [-0.4, -0.2) is 16.0 Å². The lowest BCUT2D eigenvalue weighted by Crippen LogP contribution is -2.14. The molecule has 0 unspecified atom stereocenters. The van der Waals surface area contributed by atoms with Gasteiger partial charge in [-0.1, -0.05) is 11.2 Å². The molecule has 19 heavy (non-hydrogen) atoms. The molecule has 1 aromatic carbocycles. The Hall–Kier alpha value is -2.56. The second-order valence-electron chi connectivity index (χ2n) is 4.21. The SMILES string of the molecule is Cc1ccc(Oc2ccnc(C(N)=NO)c2)cc1C. The van der Waals surface area contributed by atoms with Gasteiger partial charge in [-0.2, -0.15) is 0 Å². The van der Waals surface area contributed by atoms with Crippen LogP contribution in [0.1, 0.15) is 16.8 Å². The van der Waals surface area contributed by atoms with Gasteiger partial charge in [0.15, 0.2) is 5.84 Å². The molecular formula is C14H15N3O2. The van der Waals surface area contributed by atoms with E-state index < -0.39 is 0 Å². The normalized spacial score (nSPS) is 11.4. The Morgan fingerprint density at radius 1 is 1.16 bits per heavy atom. The van der Waals surface area contributed by atoms with Crippen molar-refractivity contribution in [3.05, 3.63) is 53.3 Å². The highest BCUT2D eigenvalue weighted by atomic mass is 16.5. The molecule has 0 bridgehead atoms. The van der Waals surface area contributed by atoms with Crippen molar-refractivity contribution >= 4 is 5.84 Å². The van der Waals surface area contributed by atoms with E-state index >= 15 is 0 Å². The zero-order valence-corrected chi connectivity index (χ0v) is 10.8. The number of hydrogen-bond acceptors (Lipinski definition) is 4. The fourth-order valence-corrected chi connectivity index (χ4v) is 1.58. The van der Waals surface area contributed by atoms with E-state index in [4.69, 9.17) is 15.7 Å². The van der Waals surface area contributed by atoms with Gasteiger partial charge in [0.25, 0.3) is 0 Å². The summed E-state index contributed by atoms with van der Waals surface area (Å²) in [6, 6.07) is 9.18. The first kappa shape index (κ1) is 12.9. The minimum Gasteiger partial charge on any atom is -0.457 e. The monoisotopic (exact) mass is 257 g/mol. The molecule has 0 atom stereocenters. The van der Waals surface area contributed by atoms with Gasteiger partial charge in [0.2, 0.25) is 0 Å². The van der Waals surface area contributed by atoms with Crippen LogP contribution in [0.2, 0.25) is 0 Å². The zero-order chi connectivity index (χ0) is 13.8. The van der Waals surface area contributed by atoms with E-state index in [0.717, 1.165) is 11.3 Å². The first-order chi connectivity index (χ1) is 9.10. The number of rotatable bonds is 3. The molecule has 5 nitrogen and oxygen atoms in total. The van der Waals surface area contributed by atoms with Crippen molar-refractivity contribution in [1.82, 2.24) is 4.98 Å². The quantitative estimate of drug-likeness (QED) is 0.383. The largest absolute Gasteiger partial charge is 0.457 e. The molecule has 3 N–H and O–H groups in total. The fourth-order valence-electron chi connectivity index (χ4n) is 1.58. The summed E-state index contributed by atoms with van der Waals surface area (Å²) in [6.45, 7) is 4.07. The third-order valence-electron chi connectivity index (χ3n) is 2.82. The lowest BCUT2D eigenvalue weighted by molar-refractivity contribution is 0.318. The lowest BCUT2D eigenvalue weighted by atomic mass is 10.1. The predicted octanol–water partition coefficient (Wildman–Crippen LogP) is 2.59. The number of aromatic nitrogens is 1. The third-order valence-corrected chi connectivity index (χ3v) is 2.82. The van der Waals surface area contributed by atoms with Gasteiger partial charge >= 0.3 is 0 Å². The maximum atomic E-state index is 8.62. The molecule has 5 heteroatoms. The molecule has 0 amide bonds. The Bertz CT molecular complexity index is 624. The number of aryl methyl sites for hydroxylation is 2. The van der Waals surface area contributed by atoms with E-state index in [2.05, 4.69) is 10.1 Å². The minimum absolute atomic E-state index is 0.0504. The van der Waals surface area contributed by atoms with E-state index in [9.17, 15) is 0 Å². The molecule has 2 aromatic rings. The number of oxime groups is 1. The molecule has 0 radical (unpaired) electrons. The molecule has 0 aliphatic carbocycles. The van der Waals surface area contributed by atoms with Crippen LogP contribution < -0.4 is 10.5 Å². The molecule has 0 saturated carbocycles. The van der Waals surface area contributed by atoms with Gasteiger partial charge in [-0.05, 0) is 43.2 Å². The van der Waals surface area contributed by atoms with E-state index in [1.165, 1.54) is 5.56 Å². The number of amidine groups is 1. The highest BCUT2D eigenvalue weighted by molar-refractivity contribution is 5.95. The Kier molecular flexibility index (Phi) is 3.66. The maximum Gasteiger partial charge on any atom is 0.188 e. The Balaban J connectivity index is 2.26. The smallest absolute Gasteiger partial charge is 0.188 e. The van der Waals surface area contributed by atoms with E-state index in [0.29, 0.717) is 11.4 Å². The molecule has 0 saturated heterocycles. The molecule has 0 aliphatic rings. The summed E-state index contributed by atoms with van der Waals surface area (Å²) >= 11 is 0. The molecule has 0 spiro atoms. The van der Waals surface area contributed by atoms with E-state index in [-0.39, 0.29) is 5.84 Å². The number of benzene rings is 1. The minimum atomic E-state index is -0.0504. The van der Waals surface area contributed by atoms with E-state index in [1.54, 1.807) is 18.3 Å². The van der Waals surface area contributed by atoms with Crippen LogP contribution in [0, 0.1) is 13.8 Å². The van der Waals surface area contributed by atoms with Gasteiger partial charge in [-0.15, -0.1) is 0 Å². The van der Waals surface area contributed by atoms with E-state index in [1.807, 2.05) is 32.0 Å². The van der Waals surface area contributed by atoms with Crippen LogP contribution in [-0.2, 0) is 0 Å². The zero-order valence-electron chi connectivity index (χ0n) is 10.8. The molecule has 2 rings (SSSR count). The summed E-state index contributed by atoms with van der Waals surface area (Å²) in [6.07, 6.45) is 1.55. The van der Waals surface area contributed by atoms with Gasteiger partial charge in [0, 0.05) is 12.3 Å². The predicted molar refractivity (Wildman–Crippen MR) is 72.7 cm³/mol. The summed E-state index contributed by atoms with van der Waals surface area (Å²) in [4.78, 5) is 3.99. The van der Waals surface area contributed by atoms with Crippen LogP contribution in [0.15, 0.2) is 41.7 Å². The Morgan fingerprint density at radius 2 is 1.89 bits per heavy atom. The highest BCUT2D eigenvalue weighted by Gasteiger charge is 2.04. The van der Waals surface area contributed by atoms with Crippen molar-refractivity contribution in [2.45, 2.75) is 13.8 Å². The molecule has 0 fully saturated rings. The van der Waals surface area contributed by atoms with Gasteiger partial charge in [-0.3, -0.25) is 4.98 Å². The molecule has 98 valence electrons. The number of nitrogens with zero attached hydrogens (tertiary/aromatic N) is 2. The number of ether oxygens (including phenoxy) is 1. The van der Waals surface area contributed by atoms with Crippen LogP contribution in [0.3, 0.4) is 0 Å². The summed E-state index contributed by atoms with van der Waals surface area (Å²) in [7, 11) is 0. The number of hydrogen-bond donors (Lipinski definition) is 2. The molecule has 0 aliphatic heterocycles. The van der Waals surface area contributed by atoms with Gasteiger partial charge in [0.1, 0.15) is 17.2 Å². The number of pyridine rings is 1. The van der Waals surface area contributed by atoms with Gasteiger partial charge in [-0.25, -0.2) is 0 Å². The van der Waals surface area contributed by atoms with Crippen molar-refractivity contribution in [2.75, 3.05) is 0 Å². The van der Waals surface area contributed by atoms with Crippen molar-refractivity contribution in [2.24, 2.45) is 10.9 Å². The fraction of sp³-hybridized carbons (Fsp3) is 0.143. The van der Waals surface area contributed by atoms with Crippen molar-refractivity contribution in [3.8, 4) is 11.5 Å². The molecular weight excluding hydrogens is 242 g/mol. The lowest BCUT2D eigenvalue weighted by Gasteiger charge is -2.08. The third kappa shape index (κ3) is 3.01. The summed E-state index contributed by atoms with van der Waals surface area (Å²) in [5.74, 6) is 1.27. The molecule has 1 heterocycles. The second-order valence-corrected chi connectivity index (χ2v) is 4.21. The van der Waals surface area contributed by atoms with Gasteiger partial charge in [0.05, 0.1) is 0 Å². The molecule has 1 aromatic heterocycles. The first-order valence-corrected chi connectivity index (χ1v) is 5.79. The van der Waals surface area contributed by atoms with Crippen molar-refractivity contribution in [3.63, 3.8) is 0 Å². The van der Waals surface area contributed by atoms with Crippen LogP contribution in [0.5, 0.6) is 11.5 Å². The number of nitrogens with two attached hydrogens (primary N) is 1. The van der Waals surface area contributed by atoms with Crippen LogP contribution >= 0.6 is 0 Å². The van der Waals surface area contributed by atoms with Crippen molar-refractivity contribution in [1.29, 1.82) is 0 Å². The Labute approximate surface area is 111 Å². The van der Waals surface area contributed by atoms with Crippen LogP contribution in [0.25, 0.3) is 0 Å². The van der Waals surface area contributed by atoms with Crippen LogP contribution in [0.4, 0.5) is 0 Å². The Morgan fingerprint density at radius 3 is 2.58 bits per heavy atom. The summed E-state index contributed by atoms with van der Waals surface area (Å²) < 4.78 is 5.72. The highest BCUT2D eigenvalue weighted by Crippen LogP contribution is 2.23. The summed E-state index contributed by atoms with van der Waals surface area (Å²) in [5, 5.41) is 11.5. The first-order valence-electron chi connectivity index (χ1n) is 5.79. The maximum absolute atomic E-state index is 8.62. The van der Waals surface area contributed by atoms with Gasteiger partial charge < -0.3 is 15.7 Å².